The molecule has 2 heterocycles. The zero-order chi connectivity index (χ0) is 19.4. The summed E-state index contributed by atoms with van der Waals surface area (Å²) in [4.78, 5) is 28.9. The van der Waals surface area contributed by atoms with Crippen LogP contribution in [-0.4, -0.2) is 27.9 Å². The van der Waals surface area contributed by atoms with Crippen LogP contribution in [0.5, 0.6) is 0 Å². The predicted octanol–water partition coefficient (Wildman–Crippen LogP) is 4.04. The van der Waals surface area contributed by atoms with Gasteiger partial charge in [-0.1, -0.05) is 23.7 Å². The Hall–Kier alpha value is -2.38. The van der Waals surface area contributed by atoms with E-state index >= 15 is 0 Å². The Balaban J connectivity index is 1.88. The fourth-order valence-corrected chi connectivity index (χ4v) is 3.10. The van der Waals surface area contributed by atoms with Crippen molar-refractivity contribution in [2.45, 2.75) is 19.8 Å². The van der Waals surface area contributed by atoms with Crippen LogP contribution in [0.1, 0.15) is 18.2 Å². The van der Waals surface area contributed by atoms with Gasteiger partial charge >= 0.3 is 5.97 Å². The molecule has 0 spiro atoms. The third-order valence-corrected chi connectivity index (χ3v) is 4.53. The van der Waals surface area contributed by atoms with Gasteiger partial charge < -0.3 is 10.1 Å². The van der Waals surface area contributed by atoms with Crippen LogP contribution in [0, 0.1) is 0 Å². The summed E-state index contributed by atoms with van der Waals surface area (Å²) >= 11 is 9.29. The van der Waals surface area contributed by atoms with Crippen LogP contribution in [0.4, 0.5) is 5.82 Å². The number of rotatable bonds is 6. The second kappa shape index (κ2) is 8.54. The molecule has 2 aromatic heterocycles. The summed E-state index contributed by atoms with van der Waals surface area (Å²) in [6, 6.07) is 10.7. The van der Waals surface area contributed by atoms with E-state index in [9.17, 15) is 9.59 Å². The number of benzene rings is 1. The molecule has 3 rings (SSSR count). The van der Waals surface area contributed by atoms with E-state index in [1.165, 1.54) is 0 Å². The fourth-order valence-electron chi connectivity index (χ4n) is 2.64. The van der Waals surface area contributed by atoms with Crippen molar-refractivity contribution in [1.29, 1.82) is 0 Å². The smallest absolute Gasteiger partial charge is 0.312 e. The van der Waals surface area contributed by atoms with Crippen molar-refractivity contribution in [2.24, 2.45) is 0 Å². The van der Waals surface area contributed by atoms with Crippen molar-refractivity contribution >= 4 is 50.9 Å². The van der Waals surface area contributed by atoms with Crippen molar-refractivity contribution in [2.75, 3.05) is 11.9 Å². The van der Waals surface area contributed by atoms with Gasteiger partial charge in [0.25, 0.3) is 0 Å². The van der Waals surface area contributed by atoms with Gasteiger partial charge in [0.05, 0.1) is 25.1 Å². The molecule has 1 amide bonds. The summed E-state index contributed by atoms with van der Waals surface area (Å²) in [7, 11) is 0. The fraction of sp³-hybridized carbons (Fsp3) is 0.211. The number of hydrogen-bond donors (Lipinski definition) is 1. The Labute approximate surface area is 169 Å². The van der Waals surface area contributed by atoms with E-state index in [2.05, 4.69) is 26.2 Å². The highest BCUT2D eigenvalue weighted by atomic mass is 79.9. The molecule has 140 valence electrons. The molecule has 0 fully saturated rings. The topological polar surface area (TPSA) is 72.7 Å². The van der Waals surface area contributed by atoms with Crippen LogP contribution in [0.2, 0.25) is 5.02 Å². The van der Waals surface area contributed by atoms with Crippen LogP contribution >= 0.6 is 27.5 Å². The van der Waals surface area contributed by atoms with Gasteiger partial charge in [-0.2, -0.15) is 0 Å². The Morgan fingerprint density at radius 3 is 2.63 bits per heavy atom. The lowest BCUT2D eigenvalue weighted by atomic mass is 10.1. The van der Waals surface area contributed by atoms with E-state index < -0.39 is 5.97 Å². The molecule has 0 aliphatic heterocycles. The van der Waals surface area contributed by atoms with E-state index in [4.69, 9.17) is 16.3 Å². The minimum Gasteiger partial charge on any atom is -0.466 e. The predicted molar refractivity (Wildman–Crippen MR) is 107 cm³/mol. The Morgan fingerprint density at radius 2 is 1.93 bits per heavy atom. The molecule has 0 saturated heterocycles. The van der Waals surface area contributed by atoms with Gasteiger partial charge in [0, 0.05) is 15.7 Å². The van der Waals surface area contributed by atoms with Crippen molar-refractivity contribution in [3.8, 4) is 0 Å². The molecule has 0 aliphatic carbocycles. The maximum Gasteiger partial charge on any atom is 0.312 e. The third kappa shape index (κ3) is 4.87. The van der Waals surface area contributed by atoms with Crippen LogP contribution < -0.4 is 5.32 Å². The van der Waals surface area contributed by atoms with Crippen LogP contribution in [0.25, 0.3) is 5.65 Å². The number of nitrogens with one attached hydrogen (secondary N) is 1. The van der Waals surface area contributed by atoms with E-state index in [1.807, 2.05) is 6.07 Å². The van der Waals surface area contributed by atoms with Crippen LogP contribution in [-0.2, 0) is 27.2 Å². The standard InChI is InChI=1S/C19H17BrClN3O3/c1-2-27-18(26)10-15-19(24-11-13(20)5-8-16(24)22-15)23-17(25)9-12-3-6-14(21)7-4-12/h3-8,11H,2,9-10H2,1H3,(H,23,25). The Morgan fingerprint density at radius 1 is 1.19 bits per heavy atom. The number of amides is 1. The largest absolute Gasteiger partial charge is 0.466 e. The number of carbonyl (C=O) groups is 2. The number of imidazole rings is 1. The van der Waals surface area contributed by atoms with E-state index in [-0.39, 0.29) is 25.4 Å². The maximum atomic E-state index is 12.5. The van der Waals surface area contributed by atoms with Gasteiger partial charge in [-0.15, -0.1) is 0 Å². The van der Waals surface area contributed by atoms with E-state index in [1.54, 1.807) is 47.9 Å². The number of halogens is 2. The Kier molecular flexibility index (Phi) is 6.13. The number of aromatic nitrogens is 2. The first-order chi connectivity index (χ1) is 13.0. The average molecular weight is 451 g/mol. The lowest BCUT2D eigenvalue weighted by molar-refractivity contribution is -0.142. The average Bonchev–Trinajstić information content (AvgIpc) is 2.94. The summed E-state index contributed by atoms with van der Waals surface area (Å²) < 4.78 is 7.57. The minimum atomic E-state index is -0.395. The highest BCUT2D eigenvalue weighted by Crippen LogP contribution is 2.22. The molecule has 8 heteroatoms. The van der Waals surface area contributed by atoms with Gasteiger partial charge in [-0.05, 0) is 52.7 Å². The highest BCUT2D eigenvalue weighted by molar-refractivity contribution is 9.10. The van der Waals surface area contributed by atoms with Gasteiger partial charge in [-0.25, -0.2) is 4.98 Å². The van der Waals surface area contributed by atoms with Crippen LogP contribution in [0.15, 0.2) is 47.1 Å². The molecule has 0 atom stereocenters. The van der Waals surface area contributed by atoms with Crippen molar-refractivity contribution in [3.63, 3.8) is 0 Å². The second-order valence-electron chi connectivity index (χ2n) is 5.82. The molecule has 0 unspecified atom stereocenters. The third-order valence-electron chi connectivity index (χ3n) is 3.81. The Bertz CT molecular complexity index is 986. The highest BCUT2D eigenvalue weighted by Gasteiger charge is 2.18. The first-order valence-corrected chi connectivity index (χ1v) is 9.49. The second-order valence-corrected chi connectivity index (χ2v) is 7.17. The van der Waals surface area contributed by atoms with Gasteiger partial charge in [0.1, 0.15) is 11.5 Å². The number of nitrogens with zero attached hydrogens (tertiary/aromatic N) is 2. The maximum absolute atomic E-state index is 12.5. The minimum absolute atomic E-state index is 0.0241. The van der Waals surface area contributed by atoms with E-state index in [0.29, 0.717) is 22.2 Å². The lowest BCUT2D eigenvalue weighted by Crippen LogP contribution is -2.18. The monoisotopic (exact) mass is 449 g/mol. The number of fused-ring (bicyclic) bond motifs is 1. The van der Waals surface area contributed by atoms with Gasteiger partial charge in [-0.3, -0.25) is 14.0 Å². The van der Waals surface area contributed by atoms with Gasteiger partial charge in [0.2, 0.25) is 5.91 Å². The summed E-state index contributed by atoms with van der Waals surface area (Å²) in [5.74, 6) is -0.157. The van der Waals surface area contributed by atoms with Crippen molar-refractivity contribution in [3.05, 3.63) is 63.3 Å². The zero-order valence-corrected chi connectivity index (χ0v) is 16.9. The number of anilines is 1. The SMILES string of the molecule is CCOC(=O)Cc1nc2ccc(Br)cn2c1NC(=O)Cc1ccc(Cl)cc1. The molecule has 3 aromatic rings. The number of esters is 1. The van der Waals surface area contributed by atoms with Crippen molar-refractivity contribution in [1.82, 2.24) is 9.38 Å². The summed E-state index contributed by atoms with van der Waals surface area (Å²) in [5, 5.41) is 3.48. The molecule has 0 bridgehead atoms. The molecule has 27 heavy (non-hydrogen) atoms. The summed E-state index contributed by atoms with van der Waals surface area (Å²) in [6.07, 6.45) is 1.94. The summed E-state index contributed by atoms with van der Waals surface area (Å²) in [6.45, 7) is 2.03. The zero-order valence-electron chi connectivity index (χ0n) is 14.5. The molecule has 0 radical (unpaired) electrons. The molecular formula is C19H17BrClN3O3. The number of pyridine rings is 1. The van der Waals surface area contributed by atoms with Crippen molar-refractivity contribution < 1.29 is 14.3 Å². The lowest BCUT2D eigenvalue weighted by Gasteiger charge is -2.08. The number of hydrogen-bond acceptors (Lipinski definition) is 4. The number of carbonyl (C=O) groups excluding carboxylic acids is 2. The van der Waals surface area contributed by atoms with E-state index in [0.717, 1.165) is 10.0 Å². The quantitative estimate of drug-likeness (QED) is 0.575. The normalized spacial score (nSPS) is 10.8. The first kappa shape index (κ1) is 19.4. The van der Waals surface area contributed by atoms with Crippen LogP contribution in [0.3, 0.4) is 0 Å². The molecule has 6 nitrogen and oxygen atoms in total. The molecular weight excluding hydrogens is 434 g/mol. The first-order valence-electron chi connectivity index (χ1n) is 8.32. The summed E-state index contributed by atoms with van der Waals surface area (Å²) in [5.41, 5.74) is 1.91. The number of ether oxygens (including phenoxy) is 1. The molecule has 0 aliphatic rings. The molecule has 1 aromatic carbocycles. The molecule has 0 saturated carbocycles. The molecule has 1 N–H and O–H groups in total. The van der Waals surface area contributed by atoms with Gasteiger partial charge in [0.15, 0.2) is 0 Å².